The Hall–Kier alpha value is -1.10. The van der Waals surface area contributed by atoms with Crippen LogP contribution in [0.2, 0.25) is 97.7 Å². The first-order valence-electron chi connectivity index (χ1n) is 28.0. The minimum absolute atomic E-state index is 0.0265. The monoisotopic (exact) mass is 1100 g/mol. The molecule has 0 saturated heterocycles. The fraction of sp³-hybridized carbons (Fsp3) is 0.855. The van der Waals surface area contributed by atoms with Gasteiger partial charge in [-0.1, -0.05) is 137 Å². The summed E-state index contributed by atoms with van der Waals surface area (Å²) in [6.07, 6.45) is 21.0. The Bertz CT molecular complexity index is 1490. The van der Waals surface area contributed by atoms with Crippen molar-refractivity contribution >= 4 is 73.8 Å². The molecule has 0 spiro atoms. The quantitative estimate of drug-likeness (QED) is 0.0355. The van der Waals surface area contributed by atoms with Gasteiger partial charge in [0.1, 0.15) is 11.6 Å². The maximum atomic E-state index is 12.6. The lowest BCUT2D eigenvalue weighted by molar-refractivity contribution is -0.124. The lowest BCUT2D eigenvalue weighted by atomic mass is 9.94. The Balaban J connectivity index is -0.00000109. The van der Waals surface area contributed by atoms with Gasteiger partial charge in [-0.15, -0.1) is 6.58 Å². The van der Waals surface area contributed by atoms with E-state index < -0.39 is 50.4 Å². The zero-order chi connectivity index (χ0) is 55.7. The first kappa shape index (κ1) is 74.1. The van der Waals surface area contributed by atoms with Gasteiger partial charge in [0.15, 0.2) is 33.3 Å². The highest BCUT2D eigenvalue weighted by molar-refractivity contribution is 6.89. The third-order valence-electron chi connectivity index (χ3n) is 11.3. The average molecular weight is 1100 g/mol. The second kappa shape index (κ2) is 38.4. The van der Waals surface area contributed by atoms with Crippen LogP contribution in [0.15, 0.2) is 24.4 Å². The standard InChI is InChI=1S/C27H59NO4Si3.C19H35NO2.C9H24O2Si3/c1-23(2)17-15-13-12-14-16-20-28-27(30)19-18-25(21-26(29)24(3)4)22-34(8,9)32-35(10,11)31-33(5,6)7;1-16(2)12-8-6-5-7-11-15-20-19(22)14-10-9-13-18(21)17(3)4;1-9-13(5,6)11-14(7,8)10-12(2,3)4/h23-25H,12-22H2,1-11H3,(H,28,30);9-10,16-17H,5-8,11-15H2,1-4H3,(H,20,22);9H,1H2,2-8H3/b;10-9+;. The van der Waals surface area contributed by atoms with E-state index >= 15 is 0 Å². The van der Waals surface area contributed by atoms with Gasteiger partial charge in [0, 0.05) is 50.6 Å². The van der Waals surface area contributed by atoms with Crippen molar-refractivity contribution in [2.24, 2.45) is 29.6 Å². The predicted octanol–water partition coefficient (Wildman–Crippen LogP) is 16.0. The number of allylic oxidation sites excluding steroid dienone is 1. The molecule has 10 nitrogen and oxygen atoms in total. The summed E-state index contributed by atoms with van der Waals surface area (Å²) in [5, 5.41) is 6.03. The first-order chi connectivity index (χ1) is 32.3. The summed E-state index contributed by atoms with van der Waals surface area (Å²) < 4.78 is 25.3. The van der Waals surface area contributed by atoms with E-state index in [1.54, 1.807) is 12.2 Å². The number of carbonyl (C=O) groups is 4. The summed E-state index contributed by atoms with van der Waals surface area (Å²) in [6.45, 7) is 52.7. The van der Waals surface area contributed by atoms with Gasteiger partial charge >= 0.3 is 17.1 Å². The molecule has 0 aliphatic heterocycles. The Morgan fingerprint density at radius 1 is 0.479 bits per heavy atom. The summed E-state index contributed by atoms with van der Waals surface area (Å²) in [5.74, 6) is 2.55. The van der Waals surface area contributed by atoms with Gasteiger partial charge in [-0.25, -0.2) is 0 Å². The number of ketones is 2. The maximum absolute atomic E-state index is 12.6. The number of hydrogen-bond acceptors (Lipinski definition) is 8. The summed E-state index contributed by atoms with van der Waals surface area (Å²) >= 11 is 0. The van der Waals surface area contributed by atoms with Crippen molar-refractivity contribution in [1.29, 1.82) is 0 Å². The third-order valence-corrected chi connectivity index (χ3v) is 30.9. The van der Waals surface area contributed by atoms with E-state index in [0.717, 1.165) is 50.2 Å². The highest BCUT2D eigenvalue weighted by Crippen LogP contribution is 2.30. The molecule has 16 heteroatoms. The number of Topliss-reactive ketones (excluding diaryl/α,β-unsaturated/α-hetero) is 2. The molecule has 2 amide bonds. The van der Waals surface area contributed by atoms with Crippen molar-refractivity contribution in [1.82, 2.24) is 10.6 Å². The molecule has 2 N–H and O–H groups in total. The molecule has 0 aromatic heterocycles. The van der Waals surface area contributed by atoms with E-state index in [2.05, 4.69) is 137 Å². The highest BCUT2D eigenvalue weighted by atomic mass is 28.5. The van der Waals surface area contributed by atoms with E-state index in [0.29, 0.717) is 25.7 Å². The summed E-state index contributed by atoms with van der Waals surface area (Å²) in [6, 6.07) is 0.889. The van der Waals surface area contributed by atoms with Crippen LogP contribution in [-0.2, 0) is 35.6 Å². The second-order valence-corrected chi connectivity index (χ2v) is 50.4. The number of hydrogen-bond donors (Lipinski definition) is 2. The zero-order valence-corrected chi connectivity index (χ0v) is 56.7. The minimum Gasteiger partial charge on any atom is -0.437 e. The zero-order valence-electron chi connectivity index (χ0n) is 50.7. The van der Waals surface area contributed by atoms with Crippen LogP contribution in [0.3, 0.4) is 0 Å². The van der Waals surface area contributed by atoms with Crippen LogP contribution >= 0.6 is 0 Å². The molecule has 0 fully saturated rings. The fourth-order valence-electron chi connectivity index (χ4n) is 8.38. The molecule has 1 atom stereocenters. The van der Waals surface area contributed by atoms with Crippen LogP contribution in [0.25, 0.3) is 0 Å². The molecular formula is C55H118N2O8Si6. The molecule has 0 aromatic carbocycles. The van der Waals surface area contributed by atoms with Crippen molar-refractivity contribution in [3.05, 3.63) is 24.4 Å². The lowest BCUT2D eigenvalue weighted by Crippen LogP contribution is -2.52. The molecule has 0 aromatic rings. The minimum atomic E-state index is -2.23. The van der Waals surface area contributed by atoms with Gasteiger partial charge in [-0.3, -0.25) is 19.2 Å². The molecule has 71 heavy (non-hydrogen) atoms. The number of rotatable bonds is 38. The van der Waals surface area contributed by atoms with E-state index in [-0.39, 0.29) is 41.1 Å². The number of amides is 2. The maximum Gasteiger partial charge on any atom is 0.311 e. The normalized spacial score (nSPS) is 13.3. The number of nitrogens with one attached hydrogen (secondary N) is 2. The smallest absolute Gasteiger partial charge is 0.311 e. The topological polar surface area (TPSA) is 129 Å². The van der Waals surface area contributed by atoms with Gasteiger partial charge in [-0.2, -0.15) is 0 Å². The van der Waals surface area contributed by atoms with Crippen LogP contribution in [-0.4, -0.2) is 86.9 Å². The van der Waals surface area contributed by atoms with Crippen molar-refractivity contribution in [2.75, 3.05) is 13.1 Å². The molecule has 1 unspecified atom stereocenters. The number of carbonyl (C=O) groups excluding carboxylic acids is 4. The Labute approximate surface area is 447 Å². The van der Waals surface area contributed by atoms with Crippen molar-refractivity contribution in [3.8, 4) is 0 Å². The molecule has 0 heterocycles. The van der Waals surface area contributed by atoms with Crippen LogP contribution < -0.4 is 10.6 Å². The largest absolute Gasteiger partial charge is 0.437 e. The lowest BCUT2D eigenvalue weighted by Gasteiger charge is -2.38. The van der Waals surface area contributed by atoms with Crippen LogP contribution in [0, 0.1) is 29.6 Å². The molecule has 420 valence electrons. The van der Waals surface area contributed by atoms with E-state index in [1.807, 2.05) is 33.4 Å². The Kier molecular flexibility index (Phi) is 40.1. The molecule has 0 rings (SSSR count). The van der Waals surface area contributed by atoms with E-state index in [9.17, 15) is 19.2 Å². The van der Waals surface area contributed by atoms with Gasteiger partial charge in [0.05, 0.1) is 0 Å². The Morgan fingerprint density at radius 3 is 1.28 bits per heavy atom. The van der Waals surface area contributed by atoms with Crippen LogP contribution in [0.5, 0.6) is 0 Å². The predicted molar refractivity (Wildman–Crippen MR) is 322 cm³/mol. The third kappa shape index (κ3) is 52.1. The Morgan fingerprint density at radius 2 is 0.873 bits per heavy atom. The SMILES string of the molecule is C=C[Si](C)(C)O[Si](C)(C)O[Si](C)(C)C.CC(C)CCCCCCCNC(=O)C/C=C/CC(=O)C(C)C.CC(C)CCCCCCCNC(=O)CCC(CC(=O)C(C)C)C[Si](C)(C)O[Si](C)(C)O[Si](C)(C)C. The second-order valence-electron chi connectivity index (χ2n) is 25.5. The highest BCUT2D eigenvalue weighted by Gasteiger charge is 2.40. The van der Waals surface area contributed by atoms with E-state index in [1.165, 1.54) is 64.2 Å². The summed E-state index contributed by atoms with van der Waals surface area (Å²) in [5.41, 5.74) is 1.97. The van der Waals surface area contributed by atoms with Crippen LogP contribution in [0.4, 0.5) is 0 Å². The molecule has 0 bridgehead atoms. The van der Waals surface area contributed by atoms with Crippen molar-refractivity contribution < 1.29 is 35.6 Å². The molecule has 0 saturated carbocycles. The molecular weight excluding hydrogens is 985 g/mol. The van der Waals surface area contributed by atoms with Gasteiger partial charge in [-0.05, 0) is 135 Å². The first-order valence-corrected chi connectivity index (χ1v) is 46.6. The van der Waals surface area contributed by atoms with Crippen molar-refractivity contribution in [3.63, 3.8) is 0 Å². The molecule has 0 aliphatic rings. The fourth-order valence-corrected chi connectivity index (χ4v) is 34.1. The molecule has 0 aliphatic carbocycles. The van der Waals surface area contributed by atoms with Crippen LogP contribution in [0.1, 0.15) is 165 Å². The van der Waals surface area contributed by atoms with E-state index in [4.69, 9.17) is 16.5 Å². The summed E-state index contributed by atoms with van der Waals surface area (Å²) in [4.78, 5) is 48.1. The number of unbranched alkanes of at least 4 members (excludes halogenated alkanes) is 8. The summed E-state index contributed by atoms with van der Waals surface area (Å²) in [7, 11) is -11.1. The van der Waals surface area contributed by atoms with Gasteiger partial charge < -0.3 is 27.1 Å². The van der Waals surface area contributed by atoms with Gasteiger partial charge in [0.25, 0.3) is 0 Å². The molecule has 0 radical (unpaired) electrons. The average Bonchev–Trinajstić information content (AvgIpc) is 3.17. The van der Waals surface area contributed by atoms with Gasteiger partial charge in [0.2, 0.25) is 11.8 Å². The van der Waals surface area contributed by atoms with Crippen molar-refractivity contribution in [2.45, 2.75) is 262 Å².